The third-order valence-electron chi connectivity index (χ3n) is 10.3. The van der Waals surface area contributed by atoms with Crippen LogP contribution in [-0.4, -0.2) is 56.2 Å². The molecule has 0 aliphatic rings. The molecule has 0 saturated carbocycles. The van der Waals surface area contributed by atoms with Gasteiger partial charge in [0.2, 0.25) is 0 Å². The standard InChI is InChI=1S/C43H55N3O7Si/c1-28(44-25-41(53-54(7,8)43(2,3)4)31-15-17-38(48)33(20-31)26-47)18-30-14-16-36-32(19-30)21-37(46-36)42(49)45-24-35-39(50-5)22-34(23-40(35)51-6)52-27-29-12-10-9-11-13-29/h9-17,19-23,28,41,44,46-48H,18,24-27H2,1-8H3,(H,45,49)/t28-,41+/m1/s1. The van der Waals surface area contributed by atoms with Crippen molar-refractivity contribution < 1.29 is 33.6 Å². The van der Waals surface area contributed by atoms with Crippen LogP contribution < -0.4 is 24.8 Å². The lowest BCUT2D eigenvalue weighted by Crippen LogP contribution is -2.44. The second-order valence-electron chi connectivity index (χ2n) is 15.3. The number of aliphatic hydroxyl groups excluding tert-OH is 1. The number of aliphatic hydroxyl groups is 1. The predicted molar refractivity (Wildman–Crippen MR) is 216 cm³/mol. The summed E-state index contributed by atoms with van der Waals surface area (Å²) in [6.07, 6.45) is 0.510. The number of H-pyrrole nitrogens is 1. The van der Waals surface area contributed by atoms with E-state index in [0.717, 1.165) is 34.0 Å². The number of hydrogen-bond acceptors (Lipinski definition) is 8. The third kappa shape index (κ3) is 10.0. The molecule has 0 spiro atoms. The molecule has 11 heteroatoms. The minimum atomic E-state index is -2.15. The minimum absolute atomic E-state index is 0.0127. The fourth-order valence-electron chi connectivity index (χ4n) is 6.08. The van der Waals surface area contributed by atoms with Crippen LogP contribution in [-0.2, 0) is 30.6 Å². The molecule has 5 aromatic rings. The van der Waals surface area contributed by atoms with Crippen molar-refractivity contribution in [1.82, 2.24) is 15.6 Å². The van der Waals surface area contributed by atoms with Gasteiger partial charge in [0.05, 0.1) is 39.0 Å². The summed E-state index contributed by atoms with van der Waals surface area (Å²) in [5.74, 6) is 1.54. The molecular weight excluding hydrogens is 699 g/mol. The maximum atomic E-state index is 13.4. The zero-order valence-corrected chi connectivity index (χ0v) is 33.7. The molecule has 10 nitrogen and oxygen atoms in total. The summed E-state index contributed by atoms with van der Waals surface area (Å²) >= 11 is 0. The fraction of sp³-hybridized carbons (Fsp3) is 0.372. The van der Waals surface area contributed by atoms with Crippen molar-refractivity contribution in [3.63, 3.8) is 0 Å². The van der Waals surface area contributed by atoms with Crippen LogP contribution >= 0.6 is 0 Å². The van der Waals surface area contributed by atoms with E-state index in [4.69, 9.17) is 18.6 Å². The molecule has 1 amide bonds. The van der Waals surface area contributed by atoms with Crippen LogP contribution in [0.2, 0.25) is 18.1 Å². The number of aromatic amines is 1. The number of carbonyl (C=O) groups excluding carboxylic acids is 1. The van der Waals surface area contributed by atoms with Gasteiger partial charge in [0.25, 0.3) is 5.91 Å². The lowest BCUT2D eigenvalue weighted by Gasteiger charge is -2.40. The van der Waals surface area contributed by atoms with E-state index in [0.29, 0.717) is 47.2 Å². The van der Waals surface area contributed by atoms with Crippen molar-refractivity contribution in [3.8, 4) is 23.0 Å². The number of hydrogen-bond donors (Lipinski definition) is 5. The second kappa shape index (κ2) is 17.6. The van der Waals surface area contributed by atoms with Gasteiger partial charge >= 0.3 is 0 Å². The van der Waals surface area contributed by atoms with Crippen molar-refractivity contribution in [2.24, 2.45) is 0 Å². The smallest absolute Gasteiger partial charge is 0.268 e. The number of aromatic nitrogens is 1. The Morgan fingerprint density at radius 2 is 1.61 bits per heavy atom. The molecule has 288 valence electrons. The monoisotopic (exact) mass is 753 g/mol. The van der Waals surface area contributed by atoms with Gasteiger partial charge in [0.15, 0.2) is 8.32 Å². The summed E-state index contributed by atoms with van der Waals surface area (Å²) in [7, 11) is 1.02. The van der Waals surface area contributed by atoms with E-state index in [9.17, 15) is 15.0 Å². The summed E-state index contributed by atoms with van der Waals surface area (Å²) in [4.78, 5) is 16.6. The van der Waals surface area contributed by atoms with Gasteiger partial charge in [-0.2, -0.15) is 0 Å². The molecule has 0 aliphatic carbocycles. The van der Waals surface area contributed by atoms with Gasteiger partial charge in [-0.25, -0.2) is 0 Å². The van der Waals surface area contributed by atoms with Crippen LogP contribution in [0.15, 0.2) is 84.9 Å². The average Bonchev–Trinajstić information content (AvgIpc) is 3.58. The average molecular weight is 754 g/mol. The minimum Gasteiger partial charge on any atom is -0.508 e. The van der Waals surface area contributed by atoms with Crippen LogP contribution in [0.5, 0.6) is 23.0 Å². The van der Waals surface area contributed by atoms with Gasteiger partial charge in [-0.15, -0.1) is 0 Å². The Morgan fingerprint density at radius 1 is 0.907 bits per heavy atom. The van der Waals surface area contributed by atoms with Crippen molar-refractivity contribution in [2.75, 3.05) is 20.8 Å². The summed E-state index contributed by atoms with van der Waals surface area (Å²) in [5.41, 5.74) is 5.61. The first-order valence-corrected chi connectivity index (χ1v) is 21.3. The highest BCUT2D eigenvalue weighted by molar-refractivity contribution is 6.74. The summed E-state index contributed by atoms with van der Waals surface area (Å²) in [5, 5.41) is 27.6. The number of amides is 1. The topological polar surface area (TPSA) is 134 Å². The lowest BCUT2D eigenvalue weighted by atomic mass is 10.0. The van der Waals surface area contributed by atoms with E-state index in [1.165, 1.54) is 0 Å². The first kappa shape index (κ1) is 40.4. The maximum absolute atomic E-state index is 13.4. The molecule has 1 heterocycles. The molecule has 4 aromatic carbocycles. The summed E-state index contributed by atoms with van der Waals surface area (Å²) < 4.78 is 24.2. The molecule has 0 bridgehead atoms. The van der Waals surface area contributed by atoms with E-state index in [2.05, 4.69) is 68.5 Å². The van der Waals surface area contributed by atoms with Gasteiger partial charge in [0, 0.05) is 41.2 Å². The number of benzene rings is 4. The van der Waals surface area contributed by atoms with Crippen LogP contribution in [0.25, 0.3) is 10.9 Å². The number of rotatable bonds is 17. The molecule has 0 fully saturated rings. The SMILES string of the molecule is COc1cc(OCc2ccccc2)cc(OC)c1CNC(=O)c1cc2cc(C[C@@H](C)NC[C@H](O[Si](C)(C)C(C)(C)C)c3ccc(O)c(CO)c3)ccc2[nH]1. The normalized spacial score (nSPS) is 13.1. The Hall–Kier alpha value is -4.81. The van der Waals surface area contributed by atoms with Crippen molar-refractivity contribution >= 4 is 25.1 Å². The number of ether oxygens (including phenoxy) is 3. The van der Waals surface area contributed by atoms with Crippen LogP contribution in [0.1, 0.15) is 72.1 Å². The zero-order valence-electron chi connectivity index (χ0n) is 32.7. The molecule has 0 radical (unpaired) electrons. The molecule has 1 aromatic heterocycles. The molecule has 54 heavy (non-hydrogen) atoms. The Morgan fingerprint density at radius 3 is 2.26 bits per heavy atom. The summed E-state index contributed by atoms with van der Waals surface area (Å²) in [6, 6.07) is 27.0. The first-order valence-electron chi connectivity index (χ1n) is 18.4. The molecule has 0 aliphatic heterocycles. The molecule has 2 atom stereocenters. The molecule has 5 rings (SSSR count). The zero-order chi connectivity index (χ0) is 39.0. The number of phenols is 1. The number of fused-ring (bicyclic) bond motifs is 1. The highest BCUT2D eigenvalue weighted by Crippen LogP contribution is 2.40. The van der Waals surface area contributed by atoms with Crippen molar-refractivity contribution in [3.05, 3.63) is 118 Å². The molecule has 0 saturated heterocycles. The molecule has 5 N–H and O–H groups in total. The van der Waals surface area contributed by atoms with Gasteiger partial charge in [-0.05, 0) is 78.5 Å². The molecule has 0 unspecified atom stereocenters. The van der Waals surface area contributed by atoms with Gasteiger partial charge in [-0.3, -0.25) is 4.79 Å². The van der Waals surface area contributed by atoms with E-state index >= 15 is 0 Å². The highest BCUT2D eigenvalue weighted by atomic mass is 28.4. The Labute approximate surface area is 320 Å². The summed E-state index contributed by atoms with van der Waals surface area (Å²) in [6.45, 7) is 14.2. The molecular formula is C43H55N3O7Si. The third-order valence-corrected chi connectivity index (χ3v) is 14.8. The van der Waals surface area contributed by atoms with E-state index in [1.807, 2.05) is 54.6 Å². The number of methoxy groups -OCH3 is 2. The van der Waals surface area contributed by atoms with Crippen LogP contribution in [0.3, 0.4) is 0 Å². The van der Waals surface area contributed by atoms with Crippen LogP contribution in [0.4, 0.5) is 0 Å². The lowest BCUT2D eigenvalue weighted by molar-refractivity contribution is 0.0946. The number of aromatic hydroxyl groups is 1. The van der Waals surface area contributed by atoms with E-state index < -0.39 is 8.32 Å². The van der Waals surface area contributed by atoms with E-state index in [-0.39, 0.29) is 42.0 Å². The van der Waals surface area contributed by atoms with Gasteiger partial charge in [-0.1, -0.05) is 63.2 Å². The fourth-order valence-corrected chi connectivity index (χ4v) is 7.36. The first-order chi connectivity index (χ1) is 25.7. The van der Waals surface area contributed by atoms with Gasteiger partial charge in [0.1, 0.15) is 35.3 Å². The Kier molecular flexibility index (Phi) is 13.1. The number of nitrogens with one attached hydrogen (secondary N) is 3. The van der Waals surface area contributed by atoms with Crippen molar-refractivity contribution in [2.45, 2.75) is 84.2 Å². The second-order valence-corrected chi connectivity index (χ2v) is 20.1. The largest absolute Gasteiger partial charge is 0.508 e. The van der Waals surface area contributed by atoms with Gasteiger partial charge < -0.3 is 44.5 Å². The Bertz CT molecular complexity index is 2000. The van der Waals surface area contributed by atoms with Crippen molar-refractivity contribution in [1.29, 1.82) is 0 Å². The Balaban J connectivity index is 1.23. The van der Waals surface area contributed by atoms with E-state index in [1.54, 1.807) is 32.4 Å². The number of carbonyl (C=O) groups is 1. The highest BCUT2D eigenvalue weighted by Gasteiger charge is 2.39. The predicted octanol–water partition coefficient (Wildman–Crippen LogP) is 8.18. The maximum Gasteiger partial charge on any atom is 0.268 e. The quantitative estimate of drug-likeness (QED) is 0.0601. The van der Waals surface area contributed by atoms with Crippen LogP contribution in [0, 0.1) is 0 Å².